The number of amides is 2. The molecule has 6 heteroatoms. The minimum atomic E-state index is -0.497. The van der Waals surface area contributed by atoms with Gasteiger partial charge in [-0.3, -0.25) is 9.59 Å². The molecule has 0 aliphatic carbocycles. The van der Waals surface area contributed by atoms with E-state index in [9.17, 15) is 9.59 Å². The number of nitrogens with zero attached hydrogens (tertiary/aromatic N) is 1. The van der Waals surface area contributed by atoms with Crippen LogP contribution < -0.4 is 11.1 Å². The topological polar surface area (TPSA) is 85.1 Å². The highest BCUT2D eigenvalue weighted by Crippen LogP contribution is 2.13. The quantitative estimate of drug-likeness (QED) is 0.883. The largest absolute Gasteiger partial charge is 0.366 e. The molecule has 1 heterocycles. The Balaban J connectivity index is 2.10. The van der Waals surface area contributed by atoms with E-state index < -0.39 is 5.91 Å². The zero-order valence-electron chi connectivity index (χ0n) is 9.64. The Morgan fingerprint density at radius 1 is 1.28 bits per heavy atom. The zero-order valence-corrected chi connectivity index (χ0v) is 10.5. The van der Waals surface area contributed by atoms with Gasteiger partial charge in [0.1, 0.15) is 0 Å². The number of hydrogen-bond donors (Lipinski definition) is 2. The van der Waals surface area contributed by atoms with Crippen molar-refractivity contribution in [2.45, 2.75) is 6.92 Å². The van der Waals surface area contributed by atoms with Gasteiger partial charge in [0, 0.05) is 22.3 Å². The molecule has 0 aliphatic rings. The monoisotopic (exact) mass is 261 g/mol. The Bertz CT molecular complexity index is 590. The first-order valence-corrected chi connectivity index (χ1v) is 6.07. The molecule has 0 radical (unpaired) electrons. The summed E-state index contributed by atoms with van der Waals surface area (Å²) in [5.74, 6) is -0.761. The first-order chi connectivity index (χ1) is 8.56. The van der Waals surface area contributed by atoms with Gasteiger partial charge in [-0.2, -0.15) is 0 Å². The van der Waals surface area contributed by atoms with Gasteiger partial charge in [0.05, 0.1) is 0 Å². The summed E-state index contributed by atoms with van der Waals surface area (Å²) < 4.78 is 0. The predicted molar refractivity (Wildman–Crippen MR) is 69.8 cm³/mol. The Labute approximate surface area is 108 Å². The maximum atomic E-state index is 11.8. The number of nitrogens with one attached hydrogen (secondary N) is 1. The fourth-order valence-electron chi connectivity index (χ4n) is 1.36. The number of nitrogens with two attached hydrogens (primary N) is 1. The SMILES string of the molecule is Cc1csc(C(=O)Nc2ccc(C(N)=O)cc2)n1. The van der Waals surface area contributed by atoms with Crippen molar-refractivity contribution < 1.29 is 9.59 Å². The summed E-state index contributed by atoms with van der Waals surface area (Å²) >= 11 is 1.29. The van der Waals surface area contributed by atoms with E-state index in [4.69, 9.17) is 5.73 Å². The molecule has 0 spiro atoms. The number of aromatic nitrogens is 1. The normalized spacial score (nSPS) is 10.1. The maximum absolute atomic E-state index is 11.8. The number of carbonyl (C=O) groups is 2. The van der Waals surface area contributed by atoms with Crippen LogP contribution in [0.2, 0.25) is 0 Å². The second-order valence-corrected chi connectivity index (χ2v) is 4.55. The summed E-state index contributed by atoms with van der Waals surface area (Å²) in [4.78, 5) is 26.8. The number of rotatable bonds is 3. The van der Waals surface area contributed by atoms with Crippen LogP contribution in [0, 0.1) is 6.92 Å². The summed E-state index contributed by atoms with van der Waals surface area (Å²) in [5.41, 5.74) is 6.93. The van der Waals surface area contributed by atoms with Crippen molar-refractivity contribution in [3.63, 3.8) is 0 Å². The van der Waals surface area contributed by atoms with Crippen molar-refractivity contribution in [3.8, 4) is 0 Å². The van der Waals surface area contributed by atoms with Gasteiger partial charge in [0.15, 0.2) is 5.01 Å². The molecule has 3 N–H and O–H groups in total. The van der Waals surface area contributed by atoms with E-state index in [0.717, 1.165) is 5.69 Å². The van der Waals surface area contributed by atoms with Gasteiger partial charge in [0.2, 0.25) is 5.91 Å². The highest BCUT2D eigenvalue weighted by atomic mass is 32.1. The van der Waals surface area contributed by atoms with E-state index in [2.05, 4.69) is 10.3 Å². The second-order valence-electron chi connectivity index (χ2n) is 3.69. The van der Waals surface area contributed by atoms with E-state index in [-0.39, 0.29) is 5.91 Å². The van der Waals surface area contributed by atoms with Gasteiger partial charge in [0.25, 0.3) is 5.91 Å². The number of anilines is 1. The van der Waals surface area contributed by atoms with E-state index in [1.807, 2.05) is 12.3 Å². The van der Waals surface area contributed by atoms with Crippen molar-refractivity contribution in [1.29, 1.82) is 0 Å². The number of aryl methyl sites for hydroxylation is 1. The molecule has 0 unspecified atom stereocenters. The highest BCUT2D eigenvalue weighted by molar-refractivity contribution is 7.11. The minimum absolute atomic E-state index is 0.264. The lowest BCUT2D eigenvalue weighted by atomic mass is 10.2. The molecule has 5 nitrogen and oxygen atoms in total. The van der Waals surface area contributed by atoms with Crippen LogP contribution >= 0.6 is 11.3 Å². The van der Waals surface area contributed by atoms with Crippen molar-refractivity contribution in [1.82, 2.24) is 4.98 Å². The third-order valence-corrected chi connectivity index (χ3v) is 3.20. The Morgan fingerprint density at radius 2 is 1.94 bits per heavy atom. The lowest BCUT2D eigenvalue weighted by Crippen LogP contribution is -2.13. The van der Waals surface area contributed by atoms with Crippen molar-refractivity contribution in [2.75, 3.05) is 5.32 Å². The molecule has 2 aromatic rings. The van der Waals surface area contributed by atoms with Crippen LogP contribution in [0.25, 0.3) is 0 Å². The lowest BCUT2D eigenvalue weighted by molar-refractivity contribution is 0.0998. The fourth-order valence-corrected chi connectivity index (χ4v) is 2.05. The summed E-state index contributed by atoms with van der Waals surface area (Å²) in [6.07, 6.45) is 0. The Hall–Kier alpha value is -2.21. The average molecular weight is 261 g/mol. The molecule has 0 bridgehead atoms. The standard InChI is InChI=1S/C12H11N3O2S/c1-7-6-18-12(14-7)11(17)15-9-4-2-8(3-5-9)10(13)16/h2-6H,1H3,(H2,13,16)(H,15,17). The summed E-state index contributed by atoms with van der Waals surface area (Å²) in [7, 11) is 0. The number of benzene rings is 1. The second kappa shape index (κ2) is 4.97. The number of thiazole rings is 1. The van der Waals surface area contributed by atoms with Gasteiger partial charge in [-0.1, -0.05) is 0 Å². The lowest BCUT2D eigenvalue weighted by Gasteiger charge is -2.03. The number of carbonyl (C=O) groups excluding carboxylic acids is 2. The number of primary amides is 1. The van der Waals surface area contributed by atoms with Crippen molar-refractivity contribution in [3.05, 3.63) is 45.9 Å². The molecule has 0 fully saturated rings. The first kappa shape index (κ1) is 12.3. The molecule has 0 saturated heterocycles. The van der Waals surface area contributed by atoms with Crippen molar-refractivity contribution in [2.24, 2.45) is 5.73 Å². The molecule has 2 rings (SSSR count). The van der Waals surface area contributed by atoms with Gasteiger partial charge in [-0.25, -0.2) is 4.98 Å². The third-order valence-electron chi connectivity index (χ3n) is 2.24. The minimum Gasteiger partial charge on any atom is -0.366 e. The van der Waals surface area contributed by atoms with Crippen LogP contribution in [-0.2, 0) is 0 Å². The smallest absolute Gasteiger partial charge is 0.284 e. The van der Waals surface area contributed by atoms with Gasteiger partial charge < -0.3 is 11.1 Å². The molecule has 0 aliphatic heterocycles. The van der Waals surface area contributed by atoms with Crippen LogP contribution in [0.15, 0.2) is 29.6 Å². The van der Waals surface area contributed by atoms with Crippen LogP contribution in [0.3, 0.4) is 0 Å². The summed E-state index contributed by atoms with van der Waals surface area (Å²) in [5, 5.41) is 4.91. The molecule has 92 valence electrons. The first-order valence-electron chi connectivity index (χ1n) is 5.19. The van der Waals surface area contributed by atoms with Gasteiger partial charge in [-0.05, 0) is 31.2 Å². The van der Waals surface area contributed by atoms with E-state index in [0.29, 0.717) is 16.3 Å². The fraction of sp³-hybridized carbons (Fsp3) is 0.0833. The maximum Gasteiger partial charge on any atom is 0.284 e. The predicted octanol–water partition coefficient (Wildman–Crippen LogP) is 1.80. The molecule has 0 atom stereocenters. The van der Waals surface area contributed by atoms with Gasteiger partial charge >= 0.3 is 0 Å². The van der Waals surface area contributed by atoms with Crippen molar-refractivity contribution >= 4 is 28.8 Å². The number of hydrogen-bond acceptors (Lipinski definition) is 4. The Kier molecular flexibility index (Phi) is 3.38. The van der Waals surface area contributed by atoms with Crippen LogP contribution in [-0.4, -0.2) is 16.8 Å². The molecule has 0 saturated carbocycles. The third kappa shape index (κ3) is 2.72. The Morgan fingerprint density at radius 3 is 2.44 bits per heavy atom. The molecular formula is C12H11N3O2S. The summed E-state index contributed by atoms with van der Waals surface area (Å²) in [6, 6.07) is 6.37. The van der Waals surface area contributed by atoms with Crippen LogP contribution in [0.4, 0.5) is 5.69 Å². The average Bonchev–Trinajstić information content (AvgIpc) is 2.76. The van der Waals surface area contributed by atoms with Crippen LogP contribution in [0.1, 0.15) is 25.9 Å². The van der Waals surface area contributed by atoms with Gasteiger partial charge in [-0.15, -0.1) is 11.3 Å². The van der Waals surface area contributed by atoms with E-state index >= 15 is 0 Å². The van der Waals surface area contributed by atoms with E-state index in [1.165, 1.54) is 11.3 Å². The molecule has 1 aromatic carbocycles. The zero-order chi connectivity index (χ0) is 13.1. The molecule has 18 heavy (non-hydrogen) atoms. The molecule has 2 amide bonds. The highest BCUT2D eigenvalue weighted by Gasteiger charge is 2.10. The van der Waals surface area contributed by atoms with E-state index in [1.54, 1.807) is 24.3 Å². The molecule has 1 aromatic heterocycles. The van der Waals surface area contributed by atoms with Crippen LogP contribution in [0.5, 0.6) is 0 Å². The molecular weight excluding hydrogens is 250 g/mol. The summed E-state index contributed by atoms with van der Waals surface area (Å²) in [6.45, 7) is 1.83.